The number of piperidine rings is 2. The molecule has 0 amide bonds. The van der Waals surface area contributed by atoms with Crippen LogP contribution in [0.4, 0.5) is 0 Å². The van der Waals surface area contributed by atoms with Crippen molar-refractivity contribution in [3.05, 3.63) is 57.6 Å². The van der Waals surface area contributed by atoms with Crippen LogP contribution in [0.5, 0.6) is 11.5 Å². The average molecular weight is 664 g/mol. The van der Waals surface area contributed by atoms with Crippen LogP contribution >= 0.6 is 0 Å². The van der Waals surface area contributed by atoms with E-state index in [9.17, 15) is 19.8 Å². The highest BCUT2D eigenvalue weighted by Crippen LogP contribution is 2.42. The van der Waals surface area contributed by atoms with E-state index >= 15 is 0 Å². The van der Waals surface area contributed by atoms with Crippen LogP contribution in [-0.2, 0) is 53.6 Å². The van der Waals surface area contributed by atoms with Gasteiger partial charge in [0.15, 0.2) is 0 Å². The van der Waals surface area contributed by atoms with Gasteiger partial charge in [0.25, 0.3) is 0 Å². The van der Waals surface area contributed by atoms with E-state index in [2.05, 4.69) is 88.0 Å². The van der Waals surface area contributed by atoms with Crippen molar-refractivity contribution in [3.63, 3.8) is 0 Å². The molecule has 266 valence electrons. The van der Waals surface area contributed by atoms with Gasteiger partial charge in [-0.3, -0.25) is 14.5 Å². The summed E-state index contributed by atoms with van der Waals surface area (Å²) < 4.78 is 12.3. The lowest BCUT2D eigenvalue weighted by atomic mass is 9.78. The predicted molar refractivity (Wildman–Crippen MR) is 192 cm³/mol. The molecule has 0 aliphatic carbocycles. The third-order valence-corrected chi connectivity index (χ3v) is 10.2. The van der Waals surface area contributed by atoms with Crippen LogP contribution in [0.25, 0.3) is 0 Å². The number of carbonyl (C=O) groups excluding carboxylic acids is 2. The number of likely N-dealkylation sites (N-methyl/N-ethyl adjacent to an activating group) is 1. The number of carbonyl (C=O) groups is 2. The first kappa shape index (κ1) is 37.8. The van der Waals surface area contributed by atoms with Gasteiger partial charge >= 0.3 is 11.9 Å². The number of hydrogen-bond acceptors (Lipinski definition) is 7. The van der Waals surface area contributed by atoms with Gasteiger partial charge in [-0.25, -0.2) is 0 Å². The van der Waals surface area contributed by atoms with Gasteiger partial charge in [-0.15, -0.1) is 0 Å². The van der Waals surface area contributed by atoms with E-state index in [1.165, 1.54) is 0 Å². The molecule has 4 atom stereocenters. The number of ether oxygens (including phenoxy) is 2. The molecule has 4 rings (SSSR count). The molecule has 0 aromatic heterocycles. The van der Waals surface area contributed by atoms with E-state index in [1.54, 1.807) is 0 Å². The van der Waals surface area contributed by atoms with Gasteiger partial charge in [-0.2, -0.15) is 0 Å². The zero-order valence-electron chi connectivity index (χ0n) is 31.8. The topological polar surface area (TPSA) is 96.3 Å². The number of fused-ring (bicyclic) bond motifs is 2. The van der Waals surface area contributed by atoms with E-state index in [4.69, 9.17) is 9.47 Å². The molecule has 2 aromatic carbocycles. The van der Waals surface area contributed by atoms with Crippen molar-refractivity contribution in [1.82, 2.24) is 4.90 Å². The first-order valence-corrected chi connectivity index (χ1v) is 17.7. The first-order valence-electron chi connectivity index (χ1n) is 17.7. The number of hydrogen-bond donors (Lipinski definition) is 2. The smallest absolute Gasteiger partial charge is 0.310 e. The Bertz CT molecular complexity index is 1330. The molecule has 2 fully saturated rings. The molecule has 4 unspecified atom stereocenters. The van der Waals surface area contributed by atoms with Crippen LogP contribution < -0.4 is 0 Å². The molecule has 0 spiro atoms. The Hall–Kier alpha value is -3.06. The summed E-state index contributed by atoms with van der Waals surface area (Å²) in [5.74, 6) is 0.0849. The second kappa shape index (κ2) is 13.3. The molecule has 0 radical (unpaired) electrons. The van der Waals surface area contributed by atoms with Gasteiger partial charge in [-0.05, 0) is 87.8 Å². The Kier molecular flexibility index (Phi) is 10.5. The lowest BCUT2D eigenvalue weighted by Crippen LogP contribution is -2.60. The summed E-state index contributed by atoms with van der Waals surface area (Å²) in [6, 6.07) is 7.92. The zero-order valence-corrected chi connectivity index (χ0v) is 31.8. The van der Waals surface area contributed by atoms with Crippen LogP contribution in [0, 0.1) is 0 Å². The summed E-state index contributed by atoms with van der Waals surface area (Å²) in [6.45, 7) is 24.8. The van der Waals surface area contributed by atoms with Gasteiger partial charge in [0.1, 0.15) is 23.7 Å². The molecule has 0 saturated carbocycles. The third-order valence-electron chi connectivity index (χ3n) is 10.2. The average Bonchev–Trinajstić information content (AvgIpc) is 2.90. The van der Waals surface area contributed by atoms with Crippen LogP contribution in [0.15, 0.2) is 24.3 Å². The molecule has 48 heavy (non-hydrogen) atoms. The molecule has 2 saturated heterocycles. The lowest BCUT2D eigenvalue weighted by molar-refractivity contribution is -0.170. The molecule has 7 heteroatoms. The van der Waals surface area contributed by atoms with Crippen molar-refractivity contribution >= 4 is 11.9 Å². The molecular formula is C41H61NO6. The largest absolute Gasteiger partial charge is 0.507 e. The van der Waals surface area contributed by atoms with E-state index in [0.717, 1.165) is 59.1 Å². The Morgan fingerprint density at radius 3 is 1.10 bits per heavy atom. The SMILES string of the molecule is CN1C2CCC(OC(=O)Cc3cc(C(C)(C)C)c(O)c(C(C)(C)C)c3)C1CCC2OC(=O)Cc1cc(C(C)(C)C)c(O)c(C(C)(C)C)c1. The van der Waals surface area contributed by atoms with Gasteiger partial charge in [0.2, 0.25) is 0 Å². The van der Waals surface area contributed by atoms with Crippen LogP contribution in [0.1, 0.15) is 142 Å². The monoisotopic (exact) mass is 663 g/mol. The quantitative estimate of drug-likeness (QED) is 0.301. The highest BCUT2D eigenvalue weighted by atomic mass is 16.6. The van der Waals surface area contributed by atoms with Crippen molar-refractivity contribution in [2.75, 3.05) is 7.05 Å². The van der Waals surface area contributed by atoms with Crippen molar-refractivity contribution in [2.24, 2.45) is 0 Å². The minimum atomic E-state index is -0.276. The van der Waals surface area contributed by atoms with Crippen molar-refractivity contribution in [2.45, 2.75) is 168 Å². The first-order chi connectivity index (χ1) is 21.9. The molecule has 2 heterocycles. The number of phenolic OH excluding ortho intramolecular Hbond substituents is 2. The molecule has 2 bridgehead atoms. The zero-order chi connectivity index (χ0) is 36.1. The molecule has 2 N–H and O–H groups in total. The van der Waals surface area contributed by atoms with Crippen molar-refractivity contribution < 1.29 is 29.3 Å². The fraction of sp³-hybridized carbons (Fsp3) is 0.659. The van der Waals surface area contributed by atoms with Crippen LogP contribution in [0.2, 0.25) is 0 Å². The standard InChI is InChI=1S/C41H61NO6/c1-38(2,3)26-18-24(19-27(36(26)45)39(4,5)6)22-34(43)47-32-16-14-31-33(17-15-30(32)42(31)13)48-35(44)23-25-20-28(40(7,8)9)37(46)29(21-25)41(10,11)12/h18-21,30-33,45-46H,14-17,22-23H2,1-13H3. The maximum Gasteiger partial charge on any atom is 0.310 e. The number of esters is 2. The summed E-state index contributed by atoms with van der Waals surface area (Å²) in [7, 11) is 2.05. The number of benzene rings is 2. The fourth-order valence-corrected chi connectivity index (χ4v) is 7.51. The van der Waals surface area contributed by atoms with Gasteiger partial charge in [-0.1, -0.05) is 107 Å². The minimum Gasteiger partial charge on any atom is -0.507 e. The Morgan fingerprint density at radius 2 is 0.854 bits per heavy atom. The molecule has 2 aromatic rings. The lowest BCUT2D eigenvalue weighted by Gasteiger charge is -2.50. The second-order valence-corrected chi connectivity index (χ2v) is 18.4. The normalized spacial score (nSPS) is 22.4. The summed E-state index contributed by atoms with van der Waals surface area (Å²) in [5.41, 5.74) is 3.93. The summed E-state index contributed by atoms with van der Waals surface area (Å²) >= 11 is 0. The number of phenols is 2. The summed E-state index contributed by atoms with van der Waals surface area (Å²) in [4.78, 5) is 28.9. The van der Waals surface area contributed by atoms with Gasteiger partial charge in [0, 0.05) is 12.1 Å². The Morgan fingerprint density at radius 1 is 0.583 bits per heavy atom. The minimum absolute atomic E-state index is 0.0681. The number of rotatable bonds is 6. The molecule has 2 aliphatic rings. The van der Waals surface area contributed by atoms with E-state index in [1.807, 2.05) is 31.3 Å². The van der Waals surface area contributed by atoms with E-state index in [0.29, 0.717) is 11.5 Å². The maximum atomic E-state index is 13.3. The molecule has 2 aliphatic heterocycles. The second-order valence-electron chi connectivity index (χ2n) is 18.4. The van der Waals surface area contributed by atoms with E-state index in [-0.39, 0.29) is 70.7 Å². The fourth-order valence-electron chi connectivity index (χ4n) is 7.51. The van der Waals surface area contributed by atoms with Crippen LogP contribution in [0.3, 0.4) is 0 Å². The van der Waals surface area contributed by atoms with Gasteiger partial charge < -0.3 is 19.7 Å². The third kappa shape index (κ3) is 8.38. The highest BCUT2D eigenvalue weighted by Gasteiger charge is 2.45. The maximum absolute atomic E-state index is 13.3. The molecule has 7 nitrogen and oxygen atoms in total. The summed E-state index contributed by atoms with van der Waals surface area (Å²) in [6.07, 6.45) is 2.83. The van der Waals surface area contributed by atoms with Crippen molar-refractivity contribution in [1.29, 1.82) is 0 Å². The molecular weight excluding hydrogens is 602 g/mol. The van der Waals surface area contributed by atoms with E-state index < -0.39 is 0 Å². The highest BCUT2D eigenvalue weighted by molar-refractivity contribution is 5.74. The number of nitrogens with zero attached hydrogens (tertiary/aromatic N) is 1. The predicted octanol–water partition coefficient (Wildman–Crippen LogP) is 8.15. The Balaban J connectivity index is 1.41. The number of aromatic hydroxyl groups is 2. The Labute approximate surface area is 289 Å². The van der Waals surface area contributed by atoms with Crippen LogP contribution in [-0.4, -0.2) is 58.4 Å². The van der Waals surface area contributed by atoms with Gasteiger partial charge in [0.05, 0.1) is 12.8 Å². The summed E-state index contributed by atoms with van der Waals surface area (Å²) in [5, 5.41) is 22.2. The van der Waals surface area contributed by atoms with Crippen molar-refractivity contribution in [3.8, 4) is 11.5 Å².